The summed E-state index contributed by atoms with van der Waals surface area (Å²) < 4.78 is 12.7. The van der Waals surface area contributed by atoms with Gasteiger partial charge in [0, 0.05) is 11.1 Å². The molecule has 0 saturated carbocycles. The van der Waals surface area contributed by atoms with Crippen LogP contribution in [0.1, 0.15) is 51.1 Å². The van der Waals surface area contributed by atoms with E-state index in [1.165, 1.54) is 11.3 Å². The van der Waals surface area contributed by atoms with Crippen LogP contribution in [0.15, 0.2) is 66.9 Å². The number of amides is 1. The van der Waals surface area contributed by atoms with E-state index in [1.807, 2.05) is 42.5 Å². The zero-order chi connectivity index (χ0) is 24.9. The van der Waals surface area contributed by atoms with Crippen molar-refractivity contribution in [2.45, 2.75) is 39.3 Å². The molecule has 0 unspecified atom stereocenters. The second-order valence-corrected chi connectivity index (χ2v) is 9.60. The number of nitrogens with zero attached hydrogens (tertiary/aromatic N) is 2. The van der Waals surface area contributed by atoms with Crippen molar-refractivity contribution in [3.05, 3.63) is 88.6 Å². The van der Waals surface area contributed by atoms with Crippen molar-refractivity contribution in [2.75, 3.05) is 11.9 Å². The number of carbonyl (C=O) groups excluding carboxylic acids is 2. The van der Waals surface area contributed by atoms with E-state index < -0.39 is 0 Å². The average Bonchev–Trinajstić information content (AvgIpc) is 3.53. The number of aromatic nitrogens is 2. The van der Waals surface area contributed by atoms with Gasteiger partial charge in [-0.15, -0.1) is 11.3 Å². The maximum atomic E-state index is 12.9. The van der Waals surface area contributed by atoms with Gasteiger partial charge in [-0.25, -0.2) is 9.48 Å². The lowest BCUT2D eigenvalue weighted by molar-refractivity contribution is 0.0526. The van der Waals surface area contributed by atoms with Gasteiger partial charge in [-0.05, 0) is 67.5 Å². The smallest absolute Gasteiger partial charge is 0.341 e. The molecule has 0 radical (unpaired) electrons. The van der Waals surface area contributed by atoms with Crippen LogP contribution in [0.5, 0.6) is 5.75 Å². The van der Waals surface area contributed by atoms with Crippen LogP contribution in [0.2, 0.25) is 0 Å². The van der Waals surface area contributed by atoms with E-state index >= 15 is 0 Å². The van der Waals surface area contributed by atoms with Gasteiger partial charge in [0.05, 0.1) is 12.2 Å². The molecule has 7 nitrogen and oxygen atoms in total. The van der Waals surface area contributed by atoms with Crippen molar-refractivity contribution in [3.8, 4) is 16.9 Å². The SMILES string of the molecule is CCOC(=O)c1c(NC(=O)c2ccn(COc3ccc(-c4ccccc4)cc3)n2)sc2c1CCCC2. The van der Waals surface area contributed by atoms with Crippen LogP contribution in [-0.4, -0.2) is 28.3 Å². The van der Waals surface area contributed by atoms with Crippen molar-refractivity contribution in [1.29, 1.82) is 0 Å². The highest BCUT2D eigenvalue weighted by Gasteiger charge is 2.27. The molecule has 2 heterocycles. The Hall–Kier alpha value is -3.91. The predicted octanol–water partition coefficient (Wildman–Crippen LogP) is 5.96. The predicted molar refractivity (Wildman–Crippen MR) is 140 cm³/mol. The number of nitrogens with one attached hydrogen (secondary N) is 1. The number of thiophene rings is 1. The Labute approximate surface area is 213 Å². The fraction of sp³-hybridized carbons (Fsp3) is 0.250. The van der Waals surface area contributed by atoms with Gasteiger partial charge < -0.3 is 14.8 Å². The Morgan fingerprint density at radius 1 is 1.00 bits per heavy atom. The van der Waals surface area contributed by atoms with Crippen molar-refractivity contribution in [1.82, 2.24) is 9.78 Å². The molecule has 2 aromatic carbocycles. The molecule has 0 fully saturated rings. The van der Waals surface area contributed by atoms with Crippen molar-refractivity contribution >= 4 is 28.2 Å². The average molecular weight is 502 g/mol. The van der Waals surface area contributed by atoms with E-state index in [0.717, 1.165) is 47.3 Å². The molecular weight excluding hydrogens is 474 g/mol. The molecule has 1 aliphatic carbocycles. The lowest BCUT2D eigenvalue weighted by atomic mass is 9.95. The number of hydrogen-bond donors (Lipinski definition) is 1. The zero-order valence-corrected chi connectivity index (χ0v) is 20.8. The summed E-state index contributed by atoms with van der Waals surface area (Å²) in [5.74, 6) is -0.0473. The molecule has 0 saturated heterocycles. The molecule has 5 rings (SSSR count). The number of fused-ring (bicyclic) bond motifs is 1. The lowest BCUT2D eigenvalue weighted by Crippen LogP contribution is -2.17. The summed E-state index contributed by atoms with van der Waals surface area (Å²) in [7, 11) is 0. The minimum Gasteiger partial charge on any atom is -0.471 e. The molecule has 36 heavy (non-hydrogen) atoms. The summed E-state index contributed by atoms with van der Waals surface area (Å²) in [5, 5.41) is 7.78. The number of hydrogen-bond acceptors (Lipinski definition) is 6. The molecule has 2 aromatic heterocycles. The molecule has 0 aliphatic heterocycles. The Balaban J connectivity index is 1.24. The molecule has 8 heteroatoms. The van der Waals surface area contributed by atoms with Crippen LogP contribution >= 0.6 is 11.3 Å². The monoisotopic (exact) mass is 501 g/mol. The van der Waals surface area contributed by atoms with Crippen molar-refractivity contribution in [3.63, 3.8) is 0 Å². The largest absolute Gasteiger partial charge is 0.471 e. The highest BCUT2D eigenvalue weighted by molar-refractivity contribution is 7.17. The van der Waals surface area contributed by atoms with E-state index in [4.69, 9.17) is 9.47 Å². The summed E-state index contributed by atoms with van der Waals surface area (Å²) >= 11 is 1.46. The summed E-state index contributed by atoms with van der Waals surface area (Å²) in [6.07, 6.45) is 5.55. The van der Waals surface area contributed by atoms with Gasteiger partial charge >= 0.3 is 5.97 Å². The van der Waals surface area contributed by atoms with E-state index in [1.54, 1.807) is 23.9 Å². The first-order valence-corrected chi connectivity index (χ1v) is 12.9. The van der Waals surface area contributed by atoms with Crippen LogP contribution in [0.4, 0.5) is 5.00 Å². The van der Waals surface area contributed by atoms with Gasteiger partial charge in [-0.3, -0.25) is 4.79 Å². The van der Waals surface area contributed by atoms with Crippen molar-refractivity contribution < 1.29 is 19.1 Å². The second-order valence-electron chi connectivity index (χ2n) is 8.49. The number of aryl methyl sites for hydroxylation is 1. The third-order valence-electron chi connectivity index (χ3n) is 6.08. The van der Waals surface area contributed by atoms with Gasteiger partial charge in [0.25, 0.3) is 5.91 Å². The number of carbonyl (C=O) groups is 2. The number of ether oxygens (including phenoxy) is 2. The van der Waals surface area contributed by atoms with E-state index in [0.29, 0.717) is 16.3 Å². The normalized spacial score (nSPS) is 12.6. The van der Waals surface area contributed by atoms with Crippen LogP contribution in [0, 0.1) is 0 Å². The Bertz CT molecular complexity index is 1360. The fourth-order valence-corrected chi connectivity index (χ4v) is 5.58. The maximum absolute atomic E-state index is 12.9. The van der Waals surface area contributed by atoms with Crippen LogP contribution in [0.25, 0.3) is 11.1 Å². The van der Waals surface area contributed by atoms with Gasteiger partial charge in [-0.1, -0.05) is 42.5 Å². The fourth-order valence-electron chi connectivity index (χ4n) is 4.31. The molecule has 4 aromatic rings. The number of rotatable bonds is 8. The Morgan fingerprint density at radius 3 is 2.53 bits per heavy atom. The number of benzene rings is 2. The quantitative estimate of drug-likeness (QED) is 0.302. The maximum Gasteiger partial charge on any atom is 0.341 e. The van der Waals surface area contributed by atoms with Gasteiger partial charge in [-0.2, -0.15) is 5.10 Å². The standard InChI is InChI=1S/C28H27N3O4S/c1-2-34-28(33)25-22-10-6-7-11-24(22)36-27(25)29-26(32)23-16-17-31(30-23)18-35-21-14-12-20(13-15-21)19-8-4-3-5-9-19/h3-5,8-9,12-17H,2,6-7,10-11,18H2,1H3,(H,29,32). The summed E-state index contributed by atoms with van der Waals surface area (Å²) in [6.45, 7) is 2.23. The van der Waals surface area contributed by atoms with Crippen LogP contribution < -0.4 is 10.1 Å². The second kappa shape index (κ2) is 10.8. The Morgan fingerprint density at radius 2 is 1.75 bits per heavy atom. The lowest BCUT2D eigenvalue weighted by Gasteiger charge is -2.12. The summed E-state index contributed by atoms with van der Waals surface area (Å²) in [5.41, 5.74) is 4.01. The molecule has 0 atom stereocenters. The van der Waals surface area contributed by atoms with Crippen LogP contribution in [-0.2, 0) is 24.3 Å². The molecule has 184 valence electrons. The first-order valence-electron chi connectivity index (χ1n) is 12.1. The van der Waals surface area contributed by atoms with E-state index in [-0.39, 0.29) is 30.9 Å². The molecule has 1 amide bonds. The third-order valence-corrected chi connectivity index (χ3v) is 7.28. The number of anilines is 1. The molecule has 0 spiro atoms. The first kappa shape index (κ1) is 23.8. The zero-order valence-electron chi connectivity index (χ0n) is 20.0. The van der Waals surface area contributed by atoms with E-state index in [2.05, 4.69) is 22.5 Å². The highest BCUT2D eigenvalue weighted by atomic mass is 32.1. The minimum absolute atomic E-state index is 0.166. The van der Waals surface area contributed by atoms with Gasteiger partial charge in [0.2, 0.25) is 0 Å². The topological polar surface area (TPSA) is 82.5 Å². The third kappa shape index (κ3) is 5.18. The summed E-state index contributed by atoms with van der Waals surface area (Å²) in [4.78, 5) is 26.7. The molecular formula is C28H27N3O4S. The first-order chi connectivity index (χ1) is 17.6. The summed E-state index contributed by atoms with van der Waals surface area (Å²) in [6, 6.07) is 19.6. The highest BCUT2D eigenvalue weighted by Crippen LogP contribution is 2.38. The van der Waals surface area contributed by atoms with Crippen molar-refractivity contribution in [2.24, 2.45) is 0 Å². The molecule has 1 aliphatic rings. The molecule has 0 bridgehead atoms. The number of esters is 1. The Kier molecular flexibility index (Phi) is 7.13. The minimum atomic E-state index is -0.385. The van der Waals surface area contributed by atoms with E-state index in [9.17, 15) is 9.59 Å². The van der Waals surface area contributed by atoms with Gasteiger partial charge in [0.1, 0.15) is 10.8 Å². The van der Waals surface area contributed by atoms with Crippen LogP contribution in [0.3, 0.4) is 0 Å². The van der Waals surface area contributed by atoms with Gasteiger partial charge in [0.15, 0.2) is 12.4 Å². The molecule has 1 N–H and O–H groups in total.